The van der Waals surface area contributed by atoms with Crippen LogP contribution in [0.3, 0.4) is 0 Å². The van der Waals surface area contributed by atoms with Crippen molar-refractivity contribution in [1.82, 2.24) is 15.2 Å². The molecule has 0 saturated heterocycles. The Morgan fingerprint density at radius 1 is 1.26 bits per heavy atom. The number of benzene rings is 1. The number of aromatic nitrogens is 1. The predicted octanol–water partition coefficient (Wildman–Crippen LogP) is 4.79. The molecule has 3 aromatic rings. The Morgan fingerprint density at radius 3 is 2.78 bits per heavy atom. The van der Waals surface area contributed by atoms with Crippen LogP contribution in [-0.2, 0) is 10.5 Å². The summed E-state index contributed by atoms with van der Waals surface area (Å²) in [5.41, 5.74) is 2.33. The van der Waals surface area contributed by atoms with Crippen LogP contribution in [-0.4, -0.2) is 41.2 Å². The van der Waals surface area contributed by atoms with Crippen molar-refractivity contribution >= 4 is 50.6 Å². The van der Waals surface area contributed by atoms with Gasteiger partial charge < -0.3 is 5.32 Å². The molecule has 144 valence electrons. The fraction of sp³-hybridized carbons (Fsp3) is 0.400. The molecule has 0 saturated carbocycles. The molecule has 0 spiro atoms. The van der Waals surface area contributed by atoms with Crippen LogP contribution < -0.4 is 5.32 Å². The van der Waals surface area contributed by atoms with Gasteiger partial charge in [0.2, 0.25) is 5.91 Å². The molecule has 0 aliphatic rings. The molecule has 2 aromatic heterocycles. The maximum Gasteiger partial charge on any atom is 0.230 e. The highest BCUT2D eigenvalue weighted by Gasteiger charge is 2.19. The summed E-state index contributed by atoms with van der Waals surface area (Å²) in [4.78, 5) is 19.3. The van der Waals surface area contributed by atoms with Gasteiger partial charge in [-0.1, -0.05) is 26.0 Å². The summed E-state index contributed by atoms with van der Waals surface area (Å²) in [6.45, 7) is 6.93. The Balaban J connectivity index is 1.47. The van der Waals surface area contributed by atoms with Crippen LogP contribution in [0.25, 0.3) is 10.2 Å². The summed E-state index contributed by atoms with van der Waals surface area (Å²) in [7, 11) is 0. The third kappa shape index (κ3) is 5.54. The van der Waals surface area contributed by atoms with Gasteiger partial charge >= 0.3 is 0 Å². The second-order valence-electron chi connectivity index (χ2n) is 6.17. The van der Waals surface area contributed by atoms with E-state index >= 15 is 0 Å². The average Bonchev–Trinajstić information content (AvgIpc) is 3.34. The lowest BCUT2D eigenvalue weighted by Crippen LogP contribution is -2.38. The third-order valence-electron chi connectivity index (χ3n) is 4.47. The number of thioether (sulfide) groups is 1. The molecule has 1 amide bonds. The van der Waals surface area contributed by atoms with Gasteiger partial charge in [0.1, 0.15) is 5.01 Å². The van der Waals surface area contributed by atoms with Crippen molar-refractivity contribution in [3.63, 3.8) is 0 Å². The Morgan fingerprint density at radius 2 is 2.07 bits per heavy atom. The number of para-hydroxylation sites is 1. The van der Waals surface area contributed by atoms with Gasteiger partial charge in [0.25, 0.3) is 0 Å². The molecule has 0 bridgehead atoms. The molecule has 1 aromatic carbocycles. The number of rotatable bonds is 10. The zero-order valence-corrected chi connectivity index (χ0v) is 18.1. The number of thiophene rings is 1. The van der Waals surface area contributed by atoms with E-state index in [-0.39, 0.29) is 11.9 Å². The van der Waals surface area contributed by atoms with Crippen LogP contribution in [0.5, 0.6) is 0 Å². The van der Waals surface area contributed by atoms with Crippen LogP contribution in [0.4, 0.5) is 0 Å². The number of likely N-dealkylation sites (N-methyl/N-ethyl adjacent to an activating group) is 1. The molecule has 7 heteroatoms. The summed E-state index contributed by atoms with van der Waals surface area (Å²) in [5, 5.41) is 8.47. The monoisotopic (exact) mass is 419 g/mol. The van der Waals surface area contributed by atoms with Gasteiger partial charge in [0.15, 0.2) is 0 Å². The first-order valence-corrected chi connectivity index (χ1v) is 12.1. The minimum absolute atomic E-state index is 0.0912. The van der Waals surface area contributed by atoms with Crippen molar-refractivity contribution in [3.05, 3.63) is 51.7 Å². The van der Waals surface area contributed by atoms with Gasteiger partial charge in [-0.2, -0.15) is 11.3 Å². The number of nitrogens with zero attached hydrogens (tertiary/aromatic N) is 2. The second-order valence-corrected chi connectivity index (χ2v) is 9.05. The van der Waals surface area contributed by atoms with Crippen molar-refractivity contribution < 1.29 is 4.79 Å². The van der Waals surface area contributed by atoms with Crippen molar-refractivity contribution in [2.24, 2.45) is 0 Å². The summed E-state index contributed by atoms with van der Waals surface area (Å²) < 4.78 is 1.20. The molecule has 0 fully saturated rings. The largest absolute Gasteiger partial charge is 0.353 e. The summed E-state index contributed by atoms with van der Waals surface area (Å²) in [6.07, 6.45) is 0. The van der Waals surface area contributed by atoms with Crippen molar-refractivity contribution in [3.8, 4) is 0 Å². The lowest BCUT2D eigenvalue weighted by molar-refractivity contribution is -0.118. The van der Waals surface area contributed by atoms with Gasteiger partial charge in [0, 0.05) is 12.3 Å². The summed E-state index contributed by atoms with van der Waals surface area (Å²) >= 11 is 5.03. The van der Waals surface area contributed by atoms with Gasteiger partial charge in [0.05, 0.1) is 22.0 Å². The quantitative estimate of drug-likeness (QED) is 0.513. The highest BCUT2D eigenvalue weighted by atomic mass is 32.2. The molecular weight excluding hydrogens is 394 g/mol. The first-order chi connectivity index (χ1) is 13.2. The van der Waals surface area contributed by atoms with Gasteiger partial charge in [-0.05, 0) is 47.6 Å². The maximum atomic E-state index is 12.3. The molecule has 0 aliphatic carbocycles. The van der Waals surface area contributed by atoms with Crippen molar-refractivity contribution in [2.75, 3.05) is 25.4 Å². The Kier molecular flexibility index (Phi) is 7.70. The van der Waals surface area contributed by atoms with Crippen LogP contribution in [0.1, 0.15) is 30.5 Å². The Bertz CT molecular complexity index is 810. The molecule has 3 rings (SSSR count). The van der Waals surface area contributed by atoms with Gasteiger partial charge in [-0.15, -0.1) is 23.1 Å². The lowest BCUT2D eigenvalue weighted by Gasteiger charge is -2.29. The fourth-order valence-corrected chi connectivity index (χ4v) is 5.65. The van der Waals surface area contributed by atoms with E-state index in [9.17, 15) is 4.79 Å². The molecule has 1 atom stereocenters. The molecule has 27 heavy (non-hydrogen) atoms. The molecular formula is C20H25N3OS3. The van der Waals surface area contributed by atoms with Crippen LogP contribution in [0.2, 0.25) is 0 Å². The summed E-state index contributed by atoms with van der Waals surface area (Å²) in [6, 6.07) is 10.6. The number of amides is 1. The number of carbonyl (C=O) groups excluding carboxylic acids is 1. The van der Waals surface area contributed by atoms with E-state index in [2.05, 4.69) is 51.9 Å². The zero-order valence-electron chi connectivity index (χ0n) is 15.7. The number of carbonyl (C=O) groups is 1. The molecule has 0 aliphatic heterocycles. The highest BCUT2D eigenvalue weighted by Crippen LogP contribution is 2.25. The van der Waals surface area contributed by atoms with E-state index < -0.39 is 0 Å². The first-order valence-electron chi connectivity index (χ1n) is 9.16. The number of hydrogen-bond donors (Lipinski definition) is 1. The van der Waals surface area contributed by atoms with E-state index in [4.69, 9.17) is 0 Å². The topological polar surface area (TPSA) is 45.2 Å². The Labute approximate surface area is 173 Å². The third-order valence-corrected chi connectivity index (χ3v) is 7.33. The molecule has 4 nitrogen and oxygen atoms in total. The number of hydrogen-bond acceptors (Lipinski definition) is 6. The molecule has 0 radical (unpaired) electrons. The molecule has 2 heterocycles. The highest BCUT2D eigenvalue weighted by molar-refractivity contribution is 7.99. The number of nitrogens with one attached hydrogen (secondary N) is 1. The average molecular weight is 420 g/mol. The molecule has 1 unspecified atom stereocenters. The first kappa shape index (κ1) is 20.3. The minimum Gasteiger partial charge on any atom is -0.353 e. The minimum atomic E-state index is 0.0912. The SMILES string of the molecule is CCN(CC)C(CNC(=O)CSCc1nc2ccccc2s1)c1ccsc1. The smallest absolute Gasteiger partial charge is 0.230 e. The van der Waals surface area contributed by atoms with E-state index in [0.29, 0.717) is 12.3 Å². The maximum absolute atomic E-state index is 12.3. The van der Waals surface area contributed by atoms with Crippen molar-refractivity contribution in [1.29, 1.82) is 0 Å². The Hall–Kier alpha value is -1.41. The standard InChI is InChI=1S/C20H25N3OS3/c1-3-23(4-2)17(15-9-10-25-12-15)11-21-19(24)13-26-14-20-22-16-7-5-6-8-18(16)27-20/h5-10,12,17H,3-4,11,13-14H2,1-2H3,(H,21,24). The van der Waals surface area contributed by atoms with Gasteiger partial charge in [-0.3, -0.25) is 9.69 Å². The van der Waals surface area contributed by atoms with Gasteiger partial charge in [-0.25, -0.2) is 4.98 Å². The van der Waals surface area contributed by atoms with E-state index in [0.717, 1.165) is 29.4 Å². The van der Waals surface area contributed by atoms with E-state index in [1.54, 1.807) is 34.4 Å². The number of thiazole rings is 1. The summed E-state index contributed by atoms with van der Waals surface area (Å²) in [5.74, 6) is 1.33. The lowest BCUT2D eigenvalue weighted by atomic mass is 10.1. The number of fused-ring (bicyclic) bond motifs is 1. The zero-order chi connectivity index (χ0) is 19.1. The van der Waals surface area contributed by atoms with E-state index in [1.807, 2.05) is 18.2 Å². The van der Waals surface area contributed by atoms with Crippen LogP contribution >= 0.6 is 34.4 Å². The fourth-order valence-electron chi connectivity index (χ4n) is 3.06. The van der Waals surface area contributed by atoms with E-state index in [1.165, 1.54) is 10.3 Å². The molecule has 1 N–H and O–H groups in total. The predicted molar refractivity (Wildman–Crippen MR) is 119 cm³/mol. The normalized spacial score (nSPS) is 12.6. The van der Waals surface area contributed by atoms with Crippen molar-refractivity contribution in [2.45, 2.75) is 25.6 Å². The second kappa shape index (κ2) is 10.2. The van der Waals surface area contributed by atoms with Crippen LogP contribution in [0, 0.1) is 0 Å². The van der Waals surface area contributed by atoms with Crippen LogP contribution in [0.15, 0.2) is 41.1 Å².